The maximum absolute atomic E-state index is 12.7. The largest absolute Gasteiger partial charge is 0.491 e. The van der Waals surface area contributed by atoms with Gasteiger partial charge in [0.25, 0.3) is 17.9 Å². The predicted octanol–water partition coefficient (Wildman–Crippen LogP) is 3.48. The Balaban J connectivity index is 1.64. The molecule has 1 saturated carbocycles. The van der Waals surface area contributed by atoms with E-state index in [2.05, 4.69) is 9.73 Å². The molecule has 14 heteroatoms. The molecule has 1 aromatic rings. The van der Waals surface area contributed by atoms with Crippen molar-refractivity contribution in [2.75, 3.05) is 6.54 Å². The fourth-order valence-corrected chi connectivity index (χ4v) is 4.00. The molecular weight excluding hydrogens is 462 g/mol. The lowest BCUT2D eigenvalue weighted by Crippen LogP contribution is -2.34. The first-order valence-corrected chi connectivity index (χ1v) is 9.75. The van der Waals surface area contributed by atoms with E-state index in [-0.39, 0.29) is 17.5 Å². The van der Waals surface area contributed by atoms with Crippen LogP contribution < -0.4 is 4.99 Å². The second-order valence-corrected chi connectivity index (χ2v) is 8.30. The molecule has 1 aliphatic heterocycles. The summed E-state index contributed by atoms with van der Waals surface area (Å²) in [5.41, 5.74) is 0. The number of rotatable bonds is 5. The lowest BCUT2D eigenvalue weighted by atomic mass is 10.3. The molecule has 2 aliphatic rings. The summed E-state index contributed by atoms with van der Waals surface area (Å²) < 4.78 is 78.5. The number of ether oxygens (including phenoxy) is 1. The summed E-state index contributed by atoms with van der Waals surface area (Å²) in [5, 5.41) is -0.551. The molecule has 0 saturated heterocycles. The molecular formula is C16H10F6N2O4S2+. The highest BCUT2D eigenvalue weighted by Gasteiger charge is 2.45. The minimum atomic E-state index is -5.19. The molecule has 1 amide bonds. The van der Waals surface area contributed by atoms with Crippen LogP contribution in [-0.4, -0.2) is 52.7 Å². The highest BCUT2D eigenvalue weighted by Crippen LogP contribution is 2.34. The van der Waals surface area contributed by atoms with Gasteiger partial charge >= 0.3 is 23.6 Å². The molecule has 3 rings (SSSR count). The lowest BCUT2D eigenvalue weighted by Gasteiger charge is -2.21. The fourth-order valence-electron chi connectivity index (χ4n) is 2.32. The molecule has 0 atom stereocenters. The van der Waals surface area contributed by atoms with Gasteiger partial charge in [0.2, 0.25) is 0 Å². The van der Waals surface area contributed by atoms with E-state index in [1.807, 2.05) is 0 Å². The van der Waals surface area contributed by atoms with Crippen molar-refractivity contribution in [3.8, 4) is 0 Å². The van der Waals surface area contributed by atoms with Gasteiger partial charge in [-0.1, -0.05) is 0 Å². The van der Waals surface area contributed by atoms with Gasteiger partial charge in [0, 0.05) is 17.8 Å². The number of thioether (sulfide) groups is 1. The van der Waals surface area contributed by atoms with Crippen molar-refractivity contribution >= 4 is 46.0 Å². The van der Waals surface area contributed by atoms with Gasteiger partial charge in [0.1, 0.15) is 4.99 Å². The fraction of sp³-hybridized carbons (Fsp3) is 0.375. The van der Waals surface area contributed by atoms with E-state index < -0.39 is 40.1 Å². The quantitative estimate of drug-likeness (QED) is 0.373. The molecule has 0 N–H and O–H groups in total. The summed E-state index contributed by atoms with van der Waals surface area (Å²) in [6, 6.07) is 1.83. The van der Waals surface area contributed by atoms with Crippen LogP contribution in [0.3, 0.4) is 0 Å². The van der Waals surface area contributed by atoms with E-state index in [1.165, 1.54) is 4.90 Å². The number of halogens is 6. The first kappa shape index (κ1) is 22.3. The van der Waals surface area contributed by atoms with E-state index in [0.29, 0.717) is 40.8 Å². The number of nitrogens with zero attached hydrogens (tertiary/aromatic N) is 2. The van der Waals surface area contributed by atoms with Crippen LogP contribution in [0.1, 0.15) is 32.2 Å². The summed E-state index contributed by atoms with van der Waals surface area (Å²) in [7, 11) is 0. The average Bonchev–Trinajstić information content (AvgIpc) is 3.19. The monoisotopic (exact) mass is 472 g/mol. The van der Waals surface area contributed by atoms with Crippen LogP contribution in [0.15, 0.2) is 23.2 Å². The van der Waals surface area contributed by atoms with Gasteiger partial charge in [0.15, 0.2) is 0 Å². The molecule has 2 heterocycles. The van der Waals surface area contributed by atoms with Gasteiger partial charge < -0.3 is 9.64 Å². The molecule has 1 aliphatic carbocycles. The number of hydrogen-bond donors (Lipinski definition) is 0. The number of Topliss-reactive ketones (excluding diaryl/α,β-unsaturated/α-hetero) is 1. The van der Waals surface area contributed by atoms with E-state index in [1.54, 1.807) is 0 Å². The van der Waals surface area contributed by atoms with Crippen LogP contribution in [0.4, 0.5) is 26.3 Å². The SMILES string of the molecule is O=C(c1ccc(C(=O)C(F)(F)F)s1)N(CC1=C[N+]=C(OC(=O)C(F)(F)F)S1)C1CC1. The highest BCUT2D eigenvalue weighted by atomic mass is 32.2. The zero-order valence-corrected chi connectivity index (χ0v) is 16.2. The van der Waals surface area contributed by atoms with Crippen molar-refractivity contribution < 1.29 is 45.5 Å². The minimum Gasteiger partial charge on any atom is -0.354 e. The number of hydrogen-bond acceptors (Lipinski definition) is 7. The third kappa shape index (κ3) is 5.22. The molecule has 1 radical (unpaired) electrons. The summed E-state index contributed by atoms with van der Waals surface area (Å²) in [5.74, 6) is -5.10. The van der Waals surface area contributed by atoms with Crippen LogP contribution >= 0.6 is 23.1 Å². The Bertz CT molecular complexity index is 946. The zero-order valence-electron chi connectivity index (χ0n) is 14.5. The van der Waals surface area contributed by atoms with Crippen LogP contribution in [0, 0.1) is 0 Å². The summed E-state index contributed by atoms with van der Waals surface area (Å²) in [4.78, 5) is 39.4. The van der Waals surface area contributed by atoms with E-state index in [9.17, 15) is 40.7 Å². The van der Waals surface area contributed by atoms with Crippen molar-refractivity contribution in [2.24, 2.45) is 0 Å². The first-order valence-electron chi connectivity index (χ1n) is 8.12. The highest BCUT2D eigenvalue weighted by molar-refractivity contribution is 8.17. The van der Waals surface area contributed by atoms with Gasteiger partial charge in [-0.25, -0.2) is 4.79 Å². The standard InChI is InChI=1S/C16H10F6N2O4S2/c17-15(18,19)11(25)9-3-4-10(30-9)12(26)24(7-1-2-7)6-8-5-23-14(29-8)28-13(27)16(20,21)22/h3-5,7H,1-2,6H2/q+1. The summed E-state index contributed by atoms with van der Waals surface area (Å²) >= 11 is 1.04. The van der Waals surface area contributed by atoms with Crippen molar-refractivity contribution in [1.29, 1.82) is 0 Å². The second kappa shape index (κ2) is 8.06. The zero-order chi connectivity index (χ0) is 22.3. The molecule has 6 nitrogen and oxygen atoms in total. The van der Waals surface area contributed by atoms with Crippen molar-refractivity contribution in [3.05, 3.63) is 33.0 Å². The van der Waals surface area contributed by atoms with Crippen molar-refractivity contribution in [3.63, 3.8) is 0 Å². The maximum atomic E-state index is 12.7. The van der Waals surface area contributed by atoms with Crippen LogP contribution in [0.25, 0.3) is 0 Å². The van der Waals surface area contributed by atoms with Crippen LogP contribution in [-0.2, 0) is 9.53 Å². The Morgan fingerprint density at radius 3 is 2.27 bits per heavy atom. The van der Waals surface area contributed by atoms with Crippen molar-refractivity contribution in [2.45, 2.75) is 31.2 Å². The van der Waals surface area contributed by atoms with Crippen LogP contribution in [0.2, 0.25) is 0 Å². The number of thiophene rings is 1. The molecule has 1 fully saturated rings. The Labute approximate surface area is 172 Å². The van der Waals surface area contributed by atoms with Crippen molar-refractivity contribution in [1.82, 2.24) is 9.89 Å². The predicted molar refractivity (Wildman–Crippen MR) is 93.7 cm³/mol. The average molecular weight is 472 g/mol. The molecule has 0 spiro atoms. The summed E-state index contributed by atoms with van der Waals surface area (Å²) in [6.45, 7) is -0.0921. The van der Waals surface area contributed by atoms with Gasteiger partial charge in [0.05, 0.1) is 21.2 Å². The number of amides is 1. The lowest BCUT2D eigenvalue weighted by molar-refractivity contribution is -0.190. The van der Waals surface area contributed by atoms with Crippen LogP contribution in [0.5, 0.6) is 0 Å². The Morgan fingerprint density at radius 2 is 1.70 bits per heavy atom. The minimum absolute atomic E-state index is 0.0808. The normalized spacial score (nSPS) is 16.7. The molecule has 0 aromatic carbocycles. The number of carbonyl (C=O) groups is 3. The molecule has 1 aromatic heterocycles. The molecule has 0 bridgehead atoms. The van der Waals surface area contributed by atoms with Gasteiger partial charge in [-0.15, -0.1) is 11.3 Å². The Hall–Kier alpha value is -2.35. The summed E-state index contributed by atoms with van der Waals surface area (Å²) in [6.07, 6.45) is -7.83. The number of alkyl halides is 6. The second-order valence-electron chi connectivity index (χ2n) is 6.13. The Morgan fingerprint density at radius 1 is 1.07 bits per heavy atom. The Kier molecular flexibility index (Phi) is 6.00. The molecule has 0 unspecified atom stereocenters. The molecule has 161 valence electrons. The van der Waals surface area contributed by atoms with Gasteiger partial charge in [-0.2, -0.15) is 26.3 Å². The number of ketones is 1. The number of esters is 1. The number of aliphatic imine (C=N–C) groups is 1. The smallest absolute Gasteiger partial charge is 0.354 e. The van der Waals surface area contributed by atoms with E-state index >= 15 is 0 Å². The van der Waals surface area contributed by atoms with E-state index in [0.717, 1.165) is 18.3 Å². The third-order valence-electron chi connectivity index (χ3n) is 3.82. The first-order chi connectivity index (χ1) is 13.9. The van der Waals surface area contributed by atoms with Gasteiger partial charge in [-0.05, 0) is 25.0 Å². The third-order valence-corrected chi connectivity index (χ3v) is 5.75. The maximum Gasteiger partial charge on any atom is 0.491 e. The molecule has 30 heavy (non-hydrogen) atoms. The van der Waals surface area contributed by atoms with Gasteiger partial charge in [-0.3, -0.25) is 9.59 Å². The number of carbonyl (C=O) groups excluding carboxylic acids is 3. The topological polar surface area (TPSA) is 77.8 Å². The van der Waals surface area contributed by atoms with E-state index in [4.69, 9.17) is 0 Å².